The molecule has 6 rings (SSSR count). The van der Waals surface area contributed by atoms with E-state index in [0.29, 0.717) is 5.56 Å². The van der Waals surface area contributed by atoms with Gasteiger partial charge in [-0.25, -0.2) is 9.80 Å². The largest absolute Gasteiger partial charge is 0.423 e. The highest BCUT2D eigenvalue weighted by atomic mass is 16.6. The van der Waals surface area contributed by atoms with Crippen LogP contribution in [-0.2, 0) is 9.59 Å². The predicted molar refractivity (Wildman–Crippen MR) is 146 cm³/mol. The Morgan fingerprint density at radius 3 is 1.95 bits per heavy atom. The molecule has 4 atom stereocenters. The Hall–Kier alpha value is -5.19. The van der Waals surface area contributed by atoms with Gasteiger partial charge in [0.1, 0.15) is 12.3 Å². The van der Waals surface area contributed by atoms with Crippen LogP contribution in [0.25, 0.3) is 0 Å². The number of amides is 3. The number of nitro groups is 1. The van der Waals surface area contributed by atoms with Gasteiger partial charge < -0.3 is 4.74 Å². The number of esters is 1. The maximum Gasteiger partial charge on any atom is 0.343 e. The van der Waals surface area contributed by atoms with Crippen LogP contribution in [-0.4, -0.2) is 51.0 Å². The molecule has 0 N–H and O–H groups in total. The number of Topliss-reactive ketones (excluding diaryl/α,β-unsaturated/α-hetero) is 1. The first-order chi connectivity index (χ1) is 20.2. The average molecular weight is 568 g/mol. The number of imide groups is 1. The van der Waals surface area contributed by atoms with Crippen LogP contribution in [0, 0.1) is 33.8 Å². The molecule has 0 spiro atoms. The number of nitro benzene ring substituents is 1. The minimum absolute atomic E-state index is 0.0165. The smallest absolute Gasteiger partial charge is 0.343 e. The Morgan fingerprint density at radius 2 is 1.38 bits per heavy atom. The number of nitrogens with zero attached hydrogens (tertiary/aromatic N) is 3. The number of ether oxygens (including phenoxy) is 1. The van der Waals surface area contributed by atoms with E-state index in [1.54, 1.807) is 30.3 Å². The summed E-state index contributed by atoms with van der Waals surface area (Å²) in [7, 11) is 0. The maximum absolute atomic E-state index is 13.7. The molecule has 1 aliphatic heterocycles. The van der Waals surface area contributed by atoms with Gasteiger partial charge in [-0.2, -0.15) is 5.01 Å². The van der Waals surface area contributed by atoms with Gasteiger partial charge in [-0.3, -0.25) is 29.3 Å². The number of fused-ring (bicyclic) bond motifs is 5. The van der Waals surface area contributed by atoms with Gasteiger partial charge >= 0.3 is 5.97 Å². The minimum Gasteiger partial charge on any atom is -0.423 e. The van der Waals surface area contributed by atoms with Crippen molar-refractivity contribution < 1.29 is 33.6 Å². The zero-order chi connectivity index (χ0) is 29.5. The molecule has 3 fully saturated rings. The molecule has 3 aromatic rings. The second kappa shape index (κ2) is 10.7. The van der Waals surface area contributed by atoms with Crippen molar-refractivity contribution in [2.24, 2.45) is 23.7 Å². The second-order valence-electron chi connectivity index (χ2n) is 10.7. The molecule has 1 saturated heterocycles. The van der Waals surface area contributed by atoms with Crippen molar-refractivity contribution >= 4 is 35.2 Å². The van der Waals surface area contributed by atoms with Gasteiger partial charge in [-0.1, -0.05) is 18.2 Å². The first kappa shape index (κ1) is 27.0. The minimum atomic E-state index is -0.805. The molecule has 42 heavy (non-hydrogen) atoms. The summed E-state index contributed by atoms with van der Waals surface area (Å²) in [6, 6.07) is 18.9. The second-order valence-corrected chi connectivity index (χ2v) is 10.7. The number of hydrogen-bond donors (Lipinski definition) is 0. The number of hydrogen-bond acceptors (Lipinski definition) is 8. The summed E-state index contributed by atoms with van der Waals surface area (Å²) in [6.07, 6.45) is 2.49. The number of rotatable bonds is 8. The molecule has 0 unspecified atom stereocenters. The van der Waals surface area contributed by atoms with Crippen LogP contribution in [0.1, 0.15) is 50.3 Å². The van der Waals surface area contributed by atoms with Crippen LogP contribution >= 0.6 is 0 Å². The summed E-state index contributed by atoms with van der Waals surface area (Å²) < 4.78 is 5.36. The van der Waals surface area contributed by atoms with Gasteiger partial charge in [0, 0.05) is 23.3 Å². The van der Waals surface area contributed by atoms with Crippen LogP contribution in [0.5, 0.6) is 5.75 Å². The van der Waals surface area contributed by atoms with Crippen molar-refractivity contribution in [2.75, 3.05) is 6.54 Å². The van der Waals surface area contributed by atoms with Crippen molar-refractivity contribution in [2.45, 2.75) is 19.3 Å². The van der Waals surface area contributed by atoms with Gasteiger partial charge in [-0.05, 0) is 79.6 Å². The molecule has 3 aliphatic rings. The topological polar surface area (TPSA) is 144 Å². The van der Waals surface area contributed by atoms with Crippen molar-refractivity contribution in [3.8, 4) is 5.75 Å². The van der Waals surface area contributed by atoms with E-state index in [0.717, 1.165) is 41.4 Å². The Labute approximate surface area is 239 Å². The molecule has 2 saturated carbocycles. The van der Waals surface area contributed by atoms with Crippen molar-refractivity contribution in [1.29, 1.82) is 0 Å². The lowest BCUT2D eigenvalue weighted by Gasteiger charge is -2.30. The lowest BCUT2D eigenvalue weighted by molar-refractivity contribution is -0.384. The van der Waals surface area contributed by atoms with E-state index in [9.17, 15) is 34.1 Å². The zero-order valence-electron chi connectivity index (χ0n) is 22.3. The Kier molecular flexibility index (Phi) is 6.85. The van der Waals surface area contributed by atoms with E-state index >= 15 is 0 Å². The fourth-order valence-corrected chi connectivity index (χ4v) is 6.42. The third kappa shape index (κ3) is 4.72. The molecule has 11 heteroatoms. The number of benzene rings is 3. The highest BCUT2D eigenvalue weighted by molar-refractivity contribution is 6.10. The summed E-state index contributed by atoms with van der Waals surface area (Å²) in [5.74, 6) is -3.62. The zero-order valence-corrected chi connectivity index (χ0v) is 22.3. The molecule has 3 aromatic carbocycles. The summed E-state index contributed by atoms with van der Waals surface area (Å²) in [6.45, 7) is -0.620. The van der Waals surface area contributed by atoms with E-state index in [1.807, 2.05) is 0 Å². The van der Waals surface area contributed by atoms with E-state index in [2.05, 4.69) is 0 Å². The molecule has 11 nitrogen and oxygen atoms in total. The van der Waals surface area contributed by atoms with Crippen molar-refractivity contribution in [1.82, 2.24) is 10.0 Å². The first-order valence-electron chi connectivity index (χ1n) is 13.6. The van der Waals surface area contributed by atoms with E-state index < -0.39 is 52.8 Å². The van der Waals surface area contributed by atoms with Gasteiger partial charge in [-0.15, -0.1) is 0 Å². The van der Waals surface area contributed by atoms with Crippen LogP contribution < -0.4 is 4.74 Å². The molecule has 2 aliphatic carbocycles. The van der Waals surface area contributed by atoms with Gasteiger partial charge in [0.15, 0.2) is 5.78 Å². The summed E-state index contributed by atoms with van der Waals surface area (Å²) in [4.78, 5) is 77.0. The third-order valence-corrected chi connectivity index (χ3v) is 8.39. The van der Waals surface area contributed by atoms with Crippen LogP contribution in [0.2, 0.25) is 0 Å². The lowest BCUT2D eigenvalue weighted by Crippen LogP contribution is -2.52. The third-order valence-electron chi connectivity index (χ3n) is 8.39. The molecule has 0 radical (unpaired) electrons. The molecule has 212 valence electrons. The number of hydrazine groups is 1. The average Bonchev–Trinajstić information content (AvgIpc) is 3.70. The van der Waals surface area contributed by atoms with E-state index in [-0.39, 0.29) is 34.4 Å². The van der Waals surface area contributed by atoms with Crippen molar-refractivity contribution in [3.63, 3.8) is 0 Å². The molecular formula is C31H25N3O8. The fourth-order valence-electron chi connectivity index (χ4n) is 6.42. The van der Waals surface area contributed by atoms with E-state index in [1.165, 1.54) is 36.4 Å². The Balaban J connectivity index is 1.25. The normalized spacial score (nSPS) is 22.1. The van der Waals surface area contributed by atoms with E-state index in [4.69, 9.17) is 4.74 Å². The molecule has 0 aromatic heterocycles. The van der Waals surface area contributed by atoms with Crippen molar-refractivity contribution in [3.05, 3.63) is 106 Å². The summed E-state index contributed by atoms with van der Waals surface area (Å²) in [5.41, 5.74) is 0.269. The first-order valence-corrected chi connectivity index (χ1v) is 13.6. The summed E-state index contributed by atoms with van der Waals surface area (Å²) >= 11 is 0. The van der Waals surface area contributed by atoms with Gasteiger partial charge in [0.25, 0.3) is 23.4 Å². The molecular weight excluding hydrogens is 542 g/mol. The Morgan fingerprint density at radius 1 is 0.810 bits per heavy atom. The number of non-ortho nitro benzene ring substituents is 1. The monoisotopic (exact) mass is 567 g/mol. The van der Waals surface area contributed by atoms with Gasteiger partial charge in [0.2, 0.25) is 0 Å². The SMILES string of the molecule is O=C(CN(C(=O)c1ccc([N+](=O)[O-])cc1)N1C(=O)[C@@H]2[C@H]3CC[C@@H](C3)[C@H]2C1=O)c1ccc(OC(=O)c2ccccc2)cc1. The highest BCUT2D eigenvalue weighted by Gasteiger charge is 2.62. The quantitative estimate of drug-likeness (QED) is 0.0989. The summed E-state index contributed by atoms with van der Waals surface area (Å²) in [5, 5.41) is 12.8. The lowest BCUT2D eigenvalue weighted by atomic mass is 9.81. The molecule has 1 heterocycles. The maximum atomic E-state index is 13.7. The number of carbonyl (C=O) groups is 5. The standard InChI is InChI=1S/C31H25N3O8/c35-25(18-10-14-24(15-11-18)42-31(39)20-4-2-1-3-5-20)17-32(28(36)19-8-12-23(13-9-19)34(40)41)33-29(37)26-21-6-7-22(16-21)27(26)30(33)38/h1-5,8-15,21-22,26-27H,6-7,16-17H2/t21-,22-,26+,27+/m0/s1. The van der Waals surface area contributed by atoms with Crippen LogP contribution in [0.3, 0.4) is 0 Å². The molecule has 2 bridgehead atoms. The van der Waals surface area contributed by atoms with Crippen LogP contribution in [0.4, 0.5) is 5.69 Å². The molecule has 3 amide bonds. The fraction of sp³-hybridized carbons (Fsp3) is 0.258. The number of carbonyl (C=O) groups excluding carboxylic acids is 5. The number of ketones is 1. The predicted octanol–water partition coefficient (Wildman–Crippen LogP) is 4.09. The van der Waals surface area contributed by atoms with Crippen LogP contribution in [0.15, 0.2) is 78.9 Å². The highest BCUT2D eigenvalue weighted by Crippen LogP contribution is 2.56. The van der Waals surface area contributed by atoms with Gasteiger partial charge in [0.05, 0.1) is 22.3 Å². The Bertz CT molecular complexity index is 1580.